The molecular formula is C8H15NaO4. The van der Waals surface area contributed by atoms with Crippen LogP contribution in [0.2, 0.25) is 0 Å². The summed E-state index contributed by atoms with van der Waals surface area (Å²) < 4.78 is 10.3. The van der Waals surface area contributed by atoms with Crippen molar-refractivity contribution in [3.05, 3.63) is 6.61 Å². The molecule has 0 aliphatic carbocycles. The van der Waals surface area contributed by atoms with Crippen LogP contribution in [-0.2, 0) is 14.3 Å². The second-order valence-electron chi connectivity index (χ2n) is 2.84. The van der Waals surface area contributed by atoms with Crippen LogP contribution < -0.4 is 29.6 Å². The third-order valence-electron chi connectivity index (χ3n) is 1.05. The van der Waals surface area contributed by atoms with Gasteiger partial charge in [-0.2, -0.15) is 0 Å². The van der Waals surface area contributed by atoms with E-state index in [0.717, 1.165) is 20.0 Å². The van der Waals surface area contributed by atoms with Crippen molar-refractivity contribution in [3.8, 4) is 0 Å². The molecule has 1 fully saturated rings. The zero-order chi connectivity index (χ0) is 9.61. The molecule has 1 saturated heterocycles. The Hall–Kier alpha value is 0.390. The van der Waals surface area contributed by atoms with Gasteiger partial charge in [0.05, 0.1) is 0 Å². The number of carboxylic acid groups (broad SMARTS) is 1. The Labute approximate surface area is 101 Å². The fourth-order valence-electron chi connectivity index (χ4n) is 0.646. The summed E-state index contributed by atoms with van der Waals surface area (Å²) in [5.74, 6) is -1.21. The Morgan fingerprint density at radius 3 is 2.15 bits per heavy atom. The minimum atomic E-state index is -0.833. The van der Waals surface area contributed by atoms with Crippen molar-refractivity contribution in [1.82, 2.24) is 0 Å². The fraction of sp³-hybridized carbons (Fsp3) is 0.750. The van der Waals surface area contributed by atoms with Crippen molar-refractivity contribution in [3.63, 3.8) is 0 Å². The maximum atomic E-state index is 9.00. The van der Waals surface area contributed by atoms with E-state index in [1.54, 1.807) is 6.61 Å². The first-order chi connectivity index (χ1) is 5.44. The Bertz CT molecular complexity index is 135. The van der Waals surface area contributed by atoms with Crippen LogP contribution in [0.4, 0.5) is 0 Å². The van der Waals surface area contributed by atoms with Gasteiger partial charge in [0.2, 0.25) is 0 Å². The molecule has 1 rings (SSSR count). The van der Waals surface area contributed by atoms with Crippen molar-refractivity contribution in [2.24, 2.45) is 0 Å². The van der Waals surface area contributed by atoms with Crippen molar-refractivity contribution in [2.75, 3.05) is 6.61 Å². The van der Waals surface area contributed by atoms with Gasteiger partial charge in [-0.15, -0.1) is 6.42 Å². The number of hydrogen-bond donors (Lipinski definition) is 1. The molecule has 1 aliphatic rings. The van der Waals surface area contributed by atoms with E-state index in [9.17, 15) is 0 Å². The zero-order valence-corrected chi connectivity index (χ0v) is 10.7. The normalized spacial score (nSPS) is 19.0. The Morgan fingerprint density at radius 1 is 1.54 bits per heavy atom. The molecule has 13 heavy (non-hydrogen) atoms. The third-order valence-corrected chi connectivity index (χ3v) is 1.05. The van der Waals surface area contributed by atoms with Crippen LogP contribution in [0.5, 0.6) is 0 Å². The number of rotatable bonds is 0. The molecule has 0 amide bonds. The maximum absolute atomic E-state index is 9.00. The number of hydrogen-bond acceptors (Lipinski definition) is 3. The van der Waals surface area contributed by atoms with E-state index < -0.39 is 5.97 Å². The van der Waals surface area contributed by atoms with E-state index >= 15 is 0 Å². The molecule has 0 atom stereocenters. The molecule has 1 aliphatic heterocycles. The second-order valence-corrected chi connectivity index (χ2v) is 2.84. The first kappa shape index (κ1) is 15.8. The van der Waals surface area contributed by atoms with Gasteiger partial charge in [0, 0.05) is 13.5 Å². The zero-order valence-electron chi connectivity index (χ0n) is 8.66. The minimum absolute atomic E-state index is 0. The Kier molecular flexibility index (Phi) is 9.46. The summed E-state index contributed by atoms with van der Waals surface area (Å²) in [6, 6.07) is 0. The smallest absolute Gasteiger partial charge is 0.528 e. The summed E-state index contributed by atoms with van der Waals surface area (Å²) in [5.41, 5.74) is 0. The SMILES string of the molecule is CC(=O)O.CC1(C)O[CH-]CCO1.[Na+]. The van der Waals surface area contributed by atoms with Crippen LogP contribution in [0, 0.1) is 6.61 Å². The van der Waals surface area contributed by atoms with Crippen molar-refractivity contribution >= 4 is 5.97 Å². The summed E-state index contributed by atoms with van der Waals surface area (Å²) in [7, 11) is 0. The monoisotopic (exact) mass is 198 g/mol. The molecule has 0 aromatic heterocycles. The minimum Gasteiger partial charge on any atom is -0.528 e. The molecule has 0 bridgehead atoms. The Balaban J connectivity index is 0. The van der Waals surface area contributed by atoms with Gasteiger partial charge >= 0.3 is 29.6 Å². The number of ether oxygens (including phenoxy) is 2. The summed E-state index contributed by atoms with van der Waals surface area (Å²) in [6.45, 7) is 7.47. The van der Waals surface area contributed by atoms with E-state index in [4.69, 9.17) is 19.4 Å². The molecule has 0 saturated carbocycles. The summed E-state index contributed by atoms with van der Waals surface area (Å²) >= 11 is 0. The van der Waals surface area contributed by atoms with Crippen LogP contribution in [0.15, 0.2) is 0 Å². The van der Waals surface area contributed by atoms with Gasteiger partial charge in [-0.05, 0) is 13.8 Å². The van der Waals surface area contributed by atoms with Crippen LogP contribution in [0.1, 0.15) is 27.2 Å². The number of aliphatic carboxylic acids is 1. The quantitative estimate of drug-likeness (QED) is 0.377. The van der Waals surface area contributed by atoms with Crippen molar-refractivity contribution < 1.29 is 48.9 Å². The molecule has 0 aromatic carbocycles. The van der Waals surface area contributed by atoms with Crippen molar-refractivity contribution in [1.29, 1.82) is 0 Å². The molecule has 0 radical (unpaired) electrons. The molecular weight excluding hydrogens is 183 g/mol. The number of carbonyl (C=O) groups is 1. The molecule has 0 aromatic rings. The van der Waals surface area contributed by atoms with E-state index in [1.165, 1.54) is 0 Å². The first-order valence-corrected chi connectivity index (χ1v) is 3.77. The summed E-state index contributed by atoms with van der Waals surface area (Å²) in [4.78, 5) is 9.00. The standard InChI is InChI=1S/C6H11O2.C2H4O2.Na/c1-6(2)7-4-3-5-8-6;1-2(3)4;/h4H,3,5H2,1-2H3;1H3,(H,3,4);/q-1;;+1. The molecule has 1 N–H and O–H groups in total. The van der Waals surface area contributed by atoms with E-state index in [1.807, 2.05) is 13.8 Å². The van der Waals surface area contributed by atoms with E-state index in [2.05, 4.69) is 0 Å². The molecule has 72 valence electrons. The average molecular weight is 198 g/mol. The molecule has 1 heterocycles. The Morgan fingerprint density at radius 2 is 2.00 bits per heavy atom. The molecule has 4 nitrogen and oxygen atoms in total. The summed E-state index contributed by atoms with van der Waals surface area (Å²) in [6.07, 6.45) is 0.906. The molecule has 5 heteroatoms. The van der Waals surface area contributed by atoms with Crippen LogP contribution >= 0.6 is 0 Å². The summed E-state index contributed by atoms with van der Waals surface area (Å²) in [5, 5.41) is 7.42. The van der Waals surface area contributed by atoms with Gasteiger partial charge in [0.25, 0.3) is 5.97 Å². The fourth-order valence-corrected chi connectivity index (χ4v) is 0.646. The van der Waals surface area contributed by atoms with E-state index in [-0.39, 0.29) is 35.3 Å². The topological polar surface area (TPSA) is 55.8 Å². The van der Waals surface area contributed by atoms with Gasteiger partial charge < -0.3 is 14.6 Å². The van der Waals surface area contributed by atoms with E-state index in [0.29, 0.717) is 0 Å². The van der Waals surface area contributed by atoms with Crippen molar-refractivity contribution in [2.45, 2.75) is 33.0 Å². The average Bonchev–Trinajstić information content (AvgIpc) is 1.85. The second kappa shape index (κ2) is 7.76. The van der Waals surface area contributed by atoms with Gasteiger partial charge in [0.1, 0.15) is 5.79 Å². The first-order valence-electron chi connectivity index (χ1n) is 3.77. The van der Waals surface area contributed by atoms with Gasteiger partial charge in [0.15, 0.2) is 0 Å². The van der Waals surface area contributed by atoms with Gasteiger partial charge in [-0.25, -0.2) is 6.61 Å². The van der Waals surface area contributed by atoms with Crippen LogP contribution in [0.25, 0.3) is 0 Å². The van der Waals surface area contributed by atoms with Crippen LogP contribution in [0.3, 0.4) is 0 Å². The maximum Gasteiger partial charge on any atom is 1.00 e. The number of carboxylic acids is 1. The third kappa shape index (κ3) is 12.4. The van der Waals surface area contributed by atoms with Crippen LogP contribution in [-0.4, -0.2) is 23.5 Å². The molecule has 0 spiro atoms. The molecule has 0 unspecified atom stereocenters. The predicted octanol–water partition coefficient (Wildman–Crippen LogP) is -1.58. The van der Waals surface area contributed by atoms with Gasteiger partial charge in [-0.3, -0.25) is 4.79 Å². The largest absolute Gasteiger partial charge is 1.00 e. The predicted molar refractivity (Wildman–Crippen MR) is 43.3 cm³/mol. The van der Waals surface area contributed by atoms with Gasteiger partial charge in [-0.1, -0.05) is 0 Å².